The highest BCUT2D eigenvalue weighted by Crippen LogP contribution is 2.43. The Morgan fingerprint density at radius 1 is 0.667 bits per heavy atom. The van der Waals surface area contributed by atoms with Gasteiger partial charge in [0.25, 0.3) is 0 Å². The van der Waals surface area contributed by atoms with E-state index in [0.29, 0.717) is 5.92 Å². The van der Waals surface area contributed by atoms with Gasteiger partial charge >= 0.3 is 0 Å². The Morgan fingerprint density at radius 3 is 2.18 bits per heavy atom. The largest absolute Gasteiger partial charge is 0.288 e. The zero-order chi connectivity index (χ0) is 30.3. The van der Waals surface area contributed by atoms with Gasteiger partial charge in [0.05, 0.1) is 6.04 Å². The second kappa shape index (κ2) is 11.5. The predicted molar refractivity (Wildman–Crippen MR) is 196 cm³/mol. The van der Waals surface area contributed by atoms with E-state index in [2.05, 4.69) is 158 Å². The van der Waals surface area contributed by atoms with Crippen LogP contribution in [-0.2, 0) is 0 Å². The number of nitrogens with zero attached hydrogens (tertiary/aromatic N) is 1. The van der Waals surface area contributed by atoms with Gasteiger partial charge in [-0.2, -0.15) is 0 Å². The minimum Gasteiger partial charge on any atom is -0.288 e. The number of benzene rings is 6. The van der Waals surface area contributed by atoms with Crippen LogP contribution in [0.2, 0.25) is 0 Å². The van der Waals surface area contributed by atoms with Gasteiger partial charge in [0.1, 0.15) is 0 Å². The van der Waals surface area contributed by atoms with Crippen molar-refractivity contribution in [1.29, 1.82) is 0 Å². The molecule has 1 aliphatic rings. The van der Waals surface area contributed by atoms with Crippen LogP contribution in [-0.4, -0.2) is 6.72 Å². The van der Waals surface area contributed by atoms with Crippen LogP contribution in [0.4, 0.5) is 0 Å². The lowest BCUT2D eigenvalue weighted by Crippen LogP contribution is -2.03. The molecule has 1 aliphatic carbocycles. The Hall–Kier alpha value is -5.05. The van der Waals surface area contributed by atoms with Crippen molar-refractivity contribution in [3.05, 3.63) is 168 Å². The summed E-state index contributed by atoms with van der Waals surface area (Å²) in [5.41, 5.74) is 10.0. The minimum atomic E-state index is -0.0851. The highest BCUT2D eigenvalue weighted by Gasteiger charge is 2.20. The average Bonchev–Trinajstić information content (AvgIpc) is 3.46. The quantitative estimate of drug-likeness (QED) is 0.170. The number of thiophene rings is 1. The molecule has 0 amide bonds. The molecule has 0 bridgehead atoms. The topological polar surface area (TPSA) is 12.4 Å². The summed E-state index contributed by atoms with van der Waals surface area (Å²) in [5, 5.41) is 5.29. The van der Waals surface area contributed by atoms with Gasteiger partial charge in [0.15, 0.2) is 0 Å². The summed E-state index contributed by atoms with van der Waals surface area (Å²) >= 11 is 1.92. The Balaban J connectivity index is 1.17. The van der Waals surface area contributed by atoms with E-state index in [9.17, 15) is 0 Å². The first-order chi connectivity index (χ1) is 22.2. The predicted octanol–water partition coefficient (Wildman–Crippen LogP) is 12.2. The van der Waals surface area contributed by atoms with Crippen molar-refractivity contribution in [3.8, 4) is 11.1 Å². The fourth-order valence-electron chi connectivity index (χ4n) is 6.87. The van der Waals surface area contributed by atoms with Crippen LogP contribution in [0.25, 0.3) is 53.2 Å². The molecular weight excluding hydrogens is 563 g/mol. The average molecular weight is 596 g/mol. The third-order valence-corrected chi connectivity index (χ3v) is 10.4. The highest BCUT2D eigenvalue weighted by molar-refractivity contribution is 7.26. The fourth-order valence-corrected chi connectivity index (χ4v) is 8.14. The first-order valence-corrected chi connectivity index (χ1v) is 16.5. The standard InChI is InChI=1S/C43H33NS/c1-28-21-22-35(37-19-10-20-38-40-25-32-13-6-7-14-33(32)27-41(40)45-43(37)38)26-39(28)34-17-8-15-30(23-34)31-16-9-18-36(24-31)42(44-2)29-11-4-3-5-12-29/h3-20,22-28,42H,2,21H2,1H3. The van der Waals surface area contributed by atoms with E-state index in [1.807, 2.05) is 17.4 Å². The third kappa shape index (κ3) is 5.02. The van der Waals surface area contributed by atoms with Crippen LogP contribution in [0.15, 0.2) is 151 Å². The van der Waals surface area contributed by atoms with Gasteiger partial charge < -0.3 is 0 Å². The number of fused-ring (bicyclic) bond motifs is 4. The SMILES string of the molecule is C=NC(c1ccccc1)c1cccc(-c2cccc(C3=CC(c4cccc5c4sc4cc6ccccc6cc45)=CCC3C)c2)c1. The number of hydrogen-bond acceptors (Lipinski definition) is 2. The molecule has 0 saturated heterocycles. The highest BCUT2D eigenvalue weighted by atomic mass is 32.1. The maximum absolute atomic E-state index is 4.49. The van der Waals surface area contributed by atoms with Crippen LogP contribution in [0.5, 0.6) is 0 Å². The Bertz CT molecular complexity index is 2280. The maximum Gasteiger partial charge on any atom is 0.0992 e. The third-order valence-electron chi connectivity index (χ3n) is 9.24. The molecule has 2 atom stereocenters. The molecule has 0 aliphatic heterocycles. The molecule has 0 fully saturated rings. The summed E-state index contributed by atoms with van der Waals surface area (Å²) in [6, 6.07) is 48.3. The van der Waals surface area contributed by atoms with Crippen molar-refractivity contribution in [1.82, 2.24) is 0 Å². The van der Waals surface area contributed by atoms with Crippen molar-refractivity contribution < 1.29 is 0 Å². The van der Waals surface area contributed by atoms with Crippen molar-refractivity contribution in [3.63, 3.8) is 0 Å². The Morgan fingerprint density at radius 2 is 1.36 bits per heavy atom. The summed E-state index contributed by atoms with van der Waals surface area (Å²) in [7, 11) is 0. The normalized spacial score (nSPS) is 15.6. The first-order valence-electron chi connectivity index (χ1n) is 15.6. The molecule has 2 unspecified atom stereocenters. The van der Waals surface area contributed by atoms with Crippen LogP contribution >= 0.6 is 11.3 Å². The number of allylic oxidation sites excluding steroid dienone is 4. The zero-order valence-corrected chi connectivity index (χ0v) is 26.1. The van der Waals surface area contributed by atoms with E-state index in [0.717, 1.165) is 17.5 Å². The van der Waals surface area contributed by atoms with Gasteiger partial charge in [0, 0.05) is 20.2 Å². The summed E-state index contributed by atoms with van der Waals surface area (Å²) < 4.78 is 2.72. The number of rotatable bonds is 6. The fraction of sp³-hybridized carbons (Fsp3) is 0.0930. The molecule has 1 aromatic heterocycles. The lowest BCUT2D eigenvalue weighted by atomic mass is 9.83. The van der Waals surface area contributed by atoms with Crippen LogP contribution in [0, 0.1) is 5.92 Å². The maximum atomic E-state index is 4.49. The molecule has 0 spiro atoms. The lowest BCUT2D eigenvalue weighted by Gasteiger charge is -2.22. The van der Waals surface area contributed by atoms with Crippen molar-refractivity contribution in [2.45, 2.75) is 19.4 Å². The molecule has 216 valence electrons. The van der Waals surface area contributed by atoms with E-state index < -0.39 is 0 Å². The summed E-state index contributed by atoms with van der Waals surface area (Å²) in [6.07, 6.45) is 5.89. The van der Waals surface area contributed by atoms with Crippen molar-refractivity contribution >= 4 is 60.1 Å². The van der Waals surface area contributed by atoms with E-state index >= 15 is 0 Å². The van der Waals surface area contributed by atoms with Gasteiger partial charge in [-0.05, 0) is 98.6 Å². The summed E-state index contributed by atoms with van der Waals surface area (Å²) in [5.74, 6) is 0.440. The molecule has 2 heteroatoms. The molecule has 45 heavy (non-hydrogen) atoms. The van der Waals surface area contributed by atoms with Crippen molar-refractivity contribution in [2.75, 3.05) is 0 Å². The minimum absolute atomic E-state index is 0.0851. The molecule has 0 saturated carbocycles. The van der Waals surface area contributed by atoms with Crippen LogP contribution < -0.4 is 0 Å². The Labute approximate surface area is 268 Å². The van der Waals surface area contributed by atoms with E-state index in [4.69, 9.17) is 0 Å². The second-order valence-electron chi connectivity index (χ2n) is 12.1. The van der Waals surface area contributed by atoms with E-state index in [1.54, 1.807) is 0 Å². The lowest BCUT2D eigenvalue weighted by molar-refractivity contribution is 0.761. The molecule has 1 heterocycles. The molecule has 8 rings (SSSR count). The molecule has 7 aromatic rings. The van der Waals surface area contributed by atoms with Gasteiger partial charge in [-0.3, -0.25) is 4.99 Å². The van der Waals surface area contributed by atoms with Gasteiger partial charge in [-0.15, -0.1) is 11.3 Å². The molecule has 0 radical (unpaired) electrons. The summed E-state index contributed by atoms with van der Waals surface area (Å²) in [4.78, 5) is 4.49. The Kier molecular flexibility index (Phi) is 7.00. The van der Waals surface area contributed by atoms with Crippen LogP contribution in [0.3, 0.4) is 0 Å². The van der Waals surface area contributed by atoms with E-state index in [1.165, 1.54) is 64.3 Å². The molecule has 6 aromatic carbocycles. The first kappa shape index (κ1) is 27.5. The van der Waals surface area contributed by atoms with Crippen LogP contribution in [0.1, 0.15) is 41.6 Å². The number of aliphatic imine (C=N–C) groups is 1. The van der Waals surface area contributed by atoms with E-state index in [-0.39, 0.29) is 6.04 Å². The molecule has 0 N–H and O–H groups in total. The van der Waals surface area contributed by atoms with Gasteiger partial charge in [-0.1, -0.05) is 128 Å². The second-order valence-corrected chi connectivity index (χ2v) is 13.1. The van der Waals surface area contributed by atoms with Gasteiger partial charge in [-0.25, -0.2) is 0 Å². The molecular formula is C43H33NS. The monoisotopic (exact) mass is 595 g/mol. The van der Waals surface area contributed by atoms with Gasteiger partial charge in [0.2, 0.25) is 0 Å². The smallest absolute Gasteiger partial charge is 0.0992 e. The summed E-state index contributed by atoms with van der Waals surface area (Å²) in [6.45, 7) is 6.26. The zero-order valence-electron chi connectivity index (χ0n) is 25.3. The number of hydrogen-bond donors (Lipinski definition) is 0. The molecule has 1 nitrogen and oxygen atoms in total. The van der Waals surface area contributed by atoms with Crippen molar-refractivity contribution in [2.24, 2.45) is 10.9 Å².